The molecule has 4 heteroatoms. The van der Waals surface area contributed by atoms with Crippen molar-refractivity contribution >= 4 is 0 Å². The summed E-state index contributed by atoms with van der Waals surface area (Å²) in [5, 5.41) is 13.3. The Morgan fingerprint density at radius 1 is 1.32 bits per heavy atom. The molecular formula is C15H29N3O. The summed E-state index contributed by atoms with van der Waals surface area (Å²) < 4.78 is 0. The molecule has 1 aliphatic heterocycles. The second-order valence-corrected chi connectivity index (χ2v) is 7.07. The first-order valence-electron chi connectivity index (χ1n) is 8.02. The molecule has 3 fully saturated rings. The van der Waals surface area contributed by atoms with Gasteiger partial charge in [-0.2, -0.15) is 0 Å². The number of nitrogens with two attached hydrogens (primary N) is 1. The van der Waals surface area contributed by atoms with Gasteiger partial charge in [-0.1, -0.05) is 6.42 Å². The second kappa shape index (κ2) is 5.32. The predicted octanol–water partition coefficient (Wildman–Crippen LogP) is 0.691. The van der Waals surface area contributed by atoms with Crippen molar-refractivity contribution in [2.24, 2.45) is 11.7 Å². The molecule has 4 atom stereocenters. The van der Waals surface area contributed by atoms with Crippen molar-refractivity contribution in [2.75, 3.05) is 19.7 Å². The number of hydrogen-bond donors (Lipinski definition) is 3. The lowest BCUT2D eigenvalue weighted by atomic mass is 9.93. The fraction of sp³-hybridized carbons (Fsp3) is 1.00. The second-order valence-electron chi connectivity index (χ2n) is 7.07. The van der Waals surface area contributed by atoms with Crippen molar-refractivity contribution in [2.45, 2.75) is 69.1 Å². The summed E-state index contributed by atoms with van der Waals surface area (Å²) in [4.78, 5) is 2.66. The van der Waals surface area contributed by atoms with Gasteiger partial charge in [-0.15, -0.1) is 0 Å². The third-order valence-corrected chi connectivity index (χ3v) is 5.53. The highest BCUT2D eigenvalue weighted by atomic mass is 16.3. The molecular weight excluding hydrogens is 238 g/mol. The fourth-order valence-electron chi connectivity index (χ4n) is 4.30. The van der Waals surface area contributed by atoms with Crippen LogP contribution in [0.3, 0.4) is 0 Å². The van der Waals surface area contributed by atoms with Crippen LogP contribution in [0.2, 0.25) is 0 Å². The van der Waals surface area contributed by atoms with E-state index in [1.165, 1.54) is 25.7 Å². The zero-order valence-corrected chi connectivity index (χ0v) is 12.1. The first kappa shape index (κ1) is 13.8. The first-order valence-corrected chi connectivity index (χ1v) is 8.02. The van der Waals surface area contributed by atoms with E-state index in [-0.39, 0.29) is 5.54 Å². The standard InChI is InChI=1S/C15H29N3O/c1-11-7-15(9-16,10-18(11)13-5-6-13)17-14-4-2-3-12(14)8-19/h11-14,17,19H,2-10,16H2,1H3. The van der Waals surface area contributed by atoms with Crippen LogP contribution >= 0.6 is 0 Å². The van der Waals surface area contributed by atoms with E-state index in [0.717, 1.165) is 32.0 Å². The SMILES string of the molecule is CC1CC(CN)(NC2CCCC2CO)CN1C1CC1. The van der Waals surface area contributed by atoms with Crippen molar-refractivity contribution in [3.8, 4) is 0 Å². The molecule has 4 nitrogen and oxygen atoms in total. The monoisotopic (exact) mass is 267 g/mol. The maximum absolute atomic E-state index is 9.49. The van der Waals surface area contributed by atoms with Crippen LogP contribution < -0.4 is 11.1 Å². The van der Waals surface area contributed by atoms with Crippen LogP contribution in [0, 0.1) is 5.92 Å². The Hall–Kier alpha value is -0.160. The van der Waals surface area contributed by atoms with Crippen molar-refractivity contribution in [1.82, 2.24) is 10.2 Å². The van der Waals surface area contributed by atoms with Gasteiger partial charge in [0.15, 0.2) is 0 Å². The van der Waals surface area contributed by atoms with Crippen LogP contribution in [0.15, 0.2) is 0 Å². The molecule has 3 rings (SSSR count). The minimum absolute atomic E-state index is 0.0877. The molecule has 1 heterocycles. The van der Waals surface area contributed by atoms with Crippen LogP contribution in [0.1, 0.15) is 45.4 Å². The van der Waals surface area contributed by atoms with Crippen LogP contribution in [-0.2, 0) is 0 Å². The molecule has 1 saturated heterocycles. The number of aliphatic hydroxyl groups is 1. The molecule has 0 amide bonds. The minimum Gasteiger partial charge on any atom is -0.396 e. The Kier molecular flexibility index (Phi) is 3.87. The van der Waals surface area contributed by atoms with E-state index in [0.29, 0.717) is 24.6 Å². The van der Waals surface area contributed by atoms with Gasteiger partial charge in [0, 0.05) is 43.4 Å². The Balaban J connectivity index is 1.66. The topological polar surface area (TPSA) is 61.5 Å². The van der Waals surface area contributed by atoms with E-state index >= 15 is 0 Å². The zero-order chi connectivity index (χ0) is 13.5. The summed E-state index contributed by atoms with van der Waals surface area (Å²) in [6.07, 6.45) is 7.50. The van der Waals surface area contributed by atoms with E-state index in [4.69, 9.17) is 5.73 Å². The molecule has 4 N–H and O–H groups in total. The van der Waals surface area contributed by atoms with Crippen LogP contribution in [0.25, 0.3) is 0 Å². The number of rotatable bonds is 5. The number of nitrogens with zero attached hydrogens (tertiary/aromatic N) is 1. The summed E-state index contributed by atoms with van der Waals surface area (Å²) in [5.41, 5.74) is 6.21. The van der Waals surface area contributed by atoms with Crippen LogP contribution in [0.4, 0.5) is 0 Å². The highest BCUT2D eigenvalue weighted by molar-refractivity contribution is 5.07. The van der Waals surface area contributed by atoms with Crippen LogP contribution in [0.5, 0.6) is 0 Å². The Morgan fingerprint density at radius 3 is 2.74 bits per heavy atom. The molecule has 2 saturated carbocycles. The highest BCUT2D eigenvalue weighted by Gasteiger charge is 2.47. The van der Waals surface area contributed by atoms with E-state index in [1.807, 2.05) is 0 Å². The Labute approximate surface area is 116 Å². The molecule has 0 aromatic rings. The quantitative estimate of drug-likeness (QED) is 0.686. The average Bonchev–Trinajstić information content (AvgIpc) is 3.07. The largest absolute Gasteiger partial charge is 0.396 e. The molecule has 19 heavy (non-hydrogen) atoms. The van der Waals surface area contributed by atoms with Crippen molar-refractivity contribution < 1.29 is 5.11 Å². The maximum Gasteiger partial charge on any atom is 0.0474 e. The summed E-state index contributed by atoms with van der Waals surface area (Å²) >= 11 is 0. The molecule has 0 aromatic heterocycles. The Bertz CT molecular complexity index is 321. The van der Waals surface area contributed by atoms with Crippen molar-refractivity contribution in [1.29, 1.82) is 0 Å². The first-order chi connectivity index (χ1) is 9.17. The van der Waals surface area contributed by atoms with Gasteiger partial charge in [-0.3, -0.25) is 4.90 Å². The minimum atomic E-state index is 0.0877. The smallest absolute Gasteiger partial charge is 0.0474 e. The Morgan fingerprint density at radius 2 is 2.11 bits per heavy atom. The van der Waals surface area contributed by atoms with E-state index in [2.05, 4.69) is 17.1 Å². The summed E-state index contributed by atoms with van der Waals surface area (Å²) in [7, 11) is 0. The highest BCUT2D eigenvalue weighted by Crippen LogP contribution is 2.38. The van der Waals surface area contributed by atoms with Gasteiger partial charge in [0.2, 0.25) is 0 Å². The van der Waals surface area contributed by atoms with Gasteiger partial charge >= 0.3 is 0 Å². The molecule has 2 aliphatic carbocycles. The number of hydrogen-bond acceptors (Lipinski definition) is 4. The van der Waals surface area contributed by atoms with Gasteiger partial charge in [-0.05, 0) is 44.9 Å². The molecule has 0 aromatic carbocycles. The van der Waals surface area contributed by atoms with E-state index in [1.54, 1.807) is 0 Å². The number of nitrogens with one attached hydrogen (secondary N) is 1. The summed E-state index contributed by atoms with van der Waals surface area (Å²) in [6.45, 7) is 4.48. The third-order valence-electron chi connectivity index (χ3n) is 5.53. The number of likely N-dealkylation sites (tertiary alicyclic amines) is 1. The lowest BCUT2D eigenvalue weighted by Crippen LogP contribution is -2.58. The van der Waals surface area contributed by atoms with Gasteiger partial charge in [0.05, 0.1) is 0 Å². The van der Waals surface area contributed by atoms with E-state index in [9.17, 15) is 5.11 Å². The van der Waals surface area contributed by atoms with Crippen molar-refractivity contribution in [3.05, 3.63) is 0 Å². The number of aliphatic hydroxyl groups excluding tert-OH is 1. The van der Waals surface area contributed by atoms with Crippen molar-refractivity contribution in [3.63, 3.8) is 0 Å². The third kappa shape index (κ3) is 2.68. The van der Waals surface area contributed by atoms with E-state index < -0.39 is 0 Å². The lowest BCUT2D eigenvalue weighted by Gasteiger charge is -2.35. The average molecular weight is 267 g/mol. The summed E-state index contributed by atoms with van der Waals surface area (Å²) in [6, 6.07) is 1.94. The zero-order valence-electron chi connectivity index (χ0n) is 12.1. The summed E-state index contributed by atoms with van der Waals surface area (Å²) in [5.74, 6) is 0.439. The molecule has 4 unspecified atom stereocenters. The van der Waals surface area contributed by atoms with Crippen LogP contribution in [-0.4, -0.2) is 53.4 Å². The molecule has 0 radical (unpaired) electrons. The molecule has 0 spiro atoms. The maximum atomic E-state index is 9.49. The molecule has 110 valence electrons. The lowest BCUT2D eigenvalue weighted by molar-refractivity contribution is 0.177. The normalized spacial score (nSPS) is 44.1. The predicted molar refractivity (Wildman–Crippen MR) is 76.9 cm³/mol. The molecule has 0 bridgehead atoms. The molecule has 3 aliphatic rings. The van der Waals surface area contributed by atoms with Gasteiger partial charge in [0.25, 0.3) is 0 Å². The van der Waals surface area contributed by atoms with Gasteiger partial charge < -0.3 is 16.2 Å². The van der Waals surface area contributed by atoms with Gasteiger partial charge in [0.1, 0.15) is 0 Å². The fourth-order valence-corrected chi connectivity index (χ4v) is 4.30. The van der Waals surface area contributed by atoms with Gasteiger partial charge in [-0.25, -0.2) is 0 Å².